The van der Waals surface area contributed by atoms with Crippen LogP contribution in [0.25, 0.3) is 0 Å². The first-order valence-electron chi connectivity index (χ1n) is 4.20. The molecule has 2 rings (SSSR count). The van der Waals surface area contributed by atoms with Gasteiger partial charge in [-0.1, -0.05) is 0 Å². The van der Waals surface area contributed by atoms with Crippen LogP contribution in [0.15, 0.2) is 37.1 Å². The normalized spacial score (nSPS) is 11.9. The highest BCUT2D eigenvalue weighted by Gasteiger charge is 2.14. The molecule has 0 fully saturated rings. The number of H-pyrrole nitrogens is 1. The van der Waals surface area contributed by atoms with Gasteiger partial charge in [0.2, 0.25) is 0 Å². The van der Waals surface area contributed by atoms with Crippen molar-refractivity contribution in [3.05, 3.63) is 48.3 Å². The maximum absolute atomic E-state index is 9.02. The Bertz CT molecular complexity index is 427. The van der Waals surface area contributed by atoms with Crippen LogP contribution in [0.5, 0.6) is 0 Å². The molecule has 4 nitrogen and oxygen atoms in total. The highest BCUT2D eigenvalue weighted by Crippen LogP contribution is 2.20. The van der Waals surface area contributed by atoms with Crippen molar-refractivity contribution in [1.29, 1.82) is 5.26 Å². The van der Waals surface area contributed by atoms with Crippen LogP contribution in [0.4, 0.5) is 0 Å². The van der Waals surface area contributed by atoms with Crippen LogP contribution in [0.1, 0.15) is 17.2 Å². The van der Waals surface area contributed by atoms with Gasteiger partial charge < -0.3 is 4.98 Å². The summed E-state index contributed by atoms with van der Waals surface area (Å²) in [6.45, 7) is 0. The van der Waals surface area contributed by atoms with E-state index in [9.17, 15) is 0 Å². The van der Waals surface area contributed by atoms with Crippen molar-refractivity contribution < 1.29 is 0 Å². The number of nitriles is 1. The second kappa shape index (κ2) is 3.71. The van der Waals surface area contributed by atoms with Crippen molar-refractivity contribution in [2.75, 3.05) is 0 Å². The Kier molecular flexibility index (Phi) is 2.24. The Morgan fingerprint density at radius 2 is 2.36 bits per heavy atom. The smallest absolute Gasteiger partial charge is 0.116 e. The van der Waals surface area contributed by atoms with Crippen molar-refractivity contribution in [1.82, 2.24) is 15.0 Å². The van der Waals surface area contributed by atoms with Crippen LogP contribution in [0.3, 0.4) is 0 Å². The quantitative estimate of drug-likeness (QED) is 0.768. The SMILES string of the molecule is N#CC(c1cc[nH]c1)c1cnccn1. The fraction of sp³-hybridized carbons (Fsp3) is 0.100. The van der Waals surface area contributed by atoms with Gasteiger partial charge in [-0.2, -0.15) is 5.26 Å². The summed E-state index contributed by atoms with van der Waals surface area (Å²) in [5, 5.41) is 9.02. The Hall–Kier alpha value is -2.15. The number of aromatic amines is 1. The molecule has 0 radical (unpaired) electrons. The van der Waals surface area contributed by atoms with Crippen molar-refractivity contribution >= 4 is 0 Å². The predicted octanol–water partition coefficient (Wildman–Crippen LogP) is 1.46. The Labute approximate surface area is 81.3 Å². The summed E-state index contributed by atoms with van der Waals surface area (Å²) >= 11 is 0. The minimum Gasteiger partial charge on any atom is -0.367 e. The molecule has 0 aliphatic rings. The monoisotopic (exact) mass is 184 g/mol. The Balaban J connectivity index is 2.38. The zero-order valence-corrected chi connectivity index (χ0v) is 7.38. The fourth-order valence-corrected chi connectivity index (χ4v) is 1.29. The summed E-state index contributed by atoms with van der Waals surface area (Å²) in [4.78, 5) is 11.0. The minimum absolute atomic E-state index is 0.338. The van der Waals surface area contributed by atoms with Gasteiger partial charge in [0.25, 0.3) is 0 Å². The molecule has 1 atom stereocenters. The van der Waals surface area contributed by atoms with E-state index in [1.54, 1.807) is 31.0 Å². The summed E-state index contributed by atoms with van der Waals surface area (Å²) < 4.78 is 0. The van der Waals surface area contributed by atoms with Gasteiger partial charge in [0.15, 0.2) is 0 Å². The molecule has 0 aliphatic heterocycles. The van der Waals surface area contributed by atoms with Gasteiger partial charge in [-0.15, -0.1) is 0 Å². The van der Waals surface area contributed by atoms with Crippen LogP contribution in [0.2, 0.25) is 0 Å². The maximum Gasteiger partial charge on any atom is 0.116 e. The van der Waals surface area contributed by atoms with Crippen molar-refractivity contribution in [2.24, 2.45) is 0 Å². The first-order chi connectivity index (χ1) is 6.92. The van der Waals surface area contributed by atoms with Gasteiger partial charge in [-0.25, -0.2) is 0 Å². The van der Waals surface area contributed by atoms with E-state index in [1.807, 2.05) is 6.07 Å². The van der Waals surface area contributed by atoms with Gasteiger partial charge in [0.1, 0.15) is 5.92 Å². The van der Waals surface area contributed by atoms with Gasteiger partial charge in [-0.3, -0.25) is 9.97 Å². The molecule has 0 saturated heterocycles. The second-order valence-electron chi connectivity index (χ2n) is 2.84. The van der Waals surface area contributed by atoms with Gasteiger partial charge >= 0.3 is 0 Å². The van der Waals surface area contributed by atoms with Crippen LogP contribution >= 0.6 is 0 Å². The van der Waals surface area contributed by atoms with E-state index >= 15 is 0 Å². The van der Waals surface area contributed by atoms with E-state index in [4.69, 9.17) is 5.26 Å². The molecule has 0 aromatic carbocycles. The van der Waals surface area contributed by atoms with E-state index in [0.717, 1.165) is 5.56 Å². The lowest BCUT2D eigenvalue weighted by molar-refractivity contribution is 0.944. The van der Waals surface area contributed by atoms with E-state index < -0.39 is 0 Å². The third kappa shape index (κ3) is 1.48. The lowest BCUT2D eigenvalue weighted by Gasteiger charge is -2.04. The molecular formula is C10H8N4. The van der Waals surface area contributed by atoms with E-state index in [0.29, 0.717) is 5.69 Å². The van der Waals surface area contributed by atoms with Crippen molar-refractivity contribution in [3.8, 4) is 6.07 Å². The van der Waals surface area contributed by atoms with Crippen molar-refractivity contribution in [2.45, 2.75) is 5.92 Å². The third-order valence-electron chi connectivity index (χ3n) is 1.96. The number of hydrogen-bond acceptors (Lipinski definition) is 3. The maximum atomic E-state index is 9.02. The zero-order valence-electron chi connectivity index (χ0n) is 7.38. The molecular weight excluding hydrogens is 176 g/mol. The largest absolute Gasteiger partial charge is 0.367 e. The first-order valence-corrected chi connectivity index (χ1v) is 4.20. The Morgan fingerprint density at radius 1 is 1.43 bits per heavy atom. The molecule has 0 bridgehead atoms. The lowest BCUT2D eigenvalue weighted by Crippen LogP contribution is -1.99. The average molecular weight is 184 g/mol. The standard InChI is InChI=1S/C10H8N4/c11-5-9(8-1-2-12-6-8)10-7-13-3-4-14-10/h1-4,6-7,9,12H. The minimum atomic E-state index is -0.338. The highest BCUT2D eigenvalue weighted by molar-refractivity contribution is 5.31. The molecule has 0 amide bonds. The average Bonchev–Trinajstić information content (AvgIpc) is 2.74. The summed E-state index contributed by atoms with van der Waals surface area (Å²) in [6.07, 6.45) is 8.38. The van der Waals surface area contributed by atoms with Gasteiger partial charge in [0, 0.05) is 24.8 Å². The summed E-state index contributed by atoms with van der Waals surface area (Å²) in [6, 6.07) is 4.06. The van der Waals surface area contributed by atoms with Gasteiger partial charge in [0.05, 0.1) is 18.0 Å². The Morgan fingerprint density at radius 3 is 2.93 bits per heavy atom. The molecule has 14 heavy (non-hydrogen) atoms. The molecule has 0 aliphatic carbocycles. The number of nitrogens with zero attached hydrogens (tertiary/aromatic N) is 3. The molecule has 0 saturated carbocycles. The van der Waals surface area contributed by atoms with Crippen molar-refractivity contribution in [3.63, 3.8) is 0 Å². The molecule has 2 heterocycles. The van der Waals surface area contributed by atoms with Gasteiger partial charge in [-0.05, 0) is 11.6 Å². The second-order valence-corrected chi connectivity index (χ2v) is 2.84. The number of hydrogen-bond donors (Lipinski definition) is 1. The van der Waals surface area contributed by atoms with Crippen LogP contribution < -0.4 is 0 Å². The summed E-state index contributed by atoms with van der Waals surface area (Å²) in [5.41, 5.74) is 1.59. The van der Waals surface area contributed by atoms with E-state index in [1.165, 1.54) is 0 Å². The summed E-state index contributed by atoms with van der Waals surface area (Å²) in [7, 11) is 0. The first kappa shape index (κ1) is 8.45. The number of aromatic nitrogens is 3. The molecule has 2 aromatic rings. The molecule has 4 heteroatoms. The molecule has 0 spiro atoms. The highest BCUT2D eigenvalue weighted by atomic mass is 14.8. The fourth-order valence-electron chi connectivity index (χ4n) is 1.29. The van der Waals surface area contributed by atoms with Crippen LogP contribution in [-0.2, 0) is 0 Å². The van der Waals surface area contributed by atoms with E-state index in [-0.39, 0.29) is 5.92 Å². The summed E-state index contributed by atoms with van der Waals surface area (Å²) in [5.74, 6) is -0.338. The number of rotatable bonds is 2. The number of nitrogens with one attached hydrogen (secondary N) is 1. The van der Waals surface area contributed by atoms with E-state index in [2.05, 4.69) is 21.0 Å². The topological polar surface area (TPSA) is 65.4 Å². The molecule has 1 unspecified atom stereocenters. The predicted molar refractivity (Wildman–Crippen MR) is 50.3 cm³/mol. The zero-order chi connectivity index (χ0) is 9.80. The lowest BCUT2D eigenvalue weighted by atomic mass is 10.0. The van der Waals surface area contributed by atoms with Crippen LogP contribution in [-0.4, -0.2) is 15.0 Å². The third-order valence-corrected chi connectivity index (χ3v) is 1.96. The molecule has 68 valence electrons. The molecule has 1 N–H and O–H groups in total. The van der Waals surface area contributed by atoms with Crippen LogP contribution in [0, 0.1) is 11.3 Å². The molecule has 2 aromatic heterocycles.